The van der Waals surface area contributed by atoms with E-state index in [1.165, 1.54) is 19.2 Å². The molecule has 5 heteroatoms. The fraction of sp³-hybridized carbons (Fsp3) is 0.200. The number of anilines is 1. The molecule has 1 aromatic heterocycles. The van der Waals surface area contributed by atoms with Crippen LogP contribution in [0.25, 0.3) is 0 Å². The van der Waals surface area contributed by atoms with Crippen LogP contribution in [0.5, 0.6) is 0 Å². The molecule has 1 heterocycles. The van der Waals surface area contributed by atoms with Gasteiger partial charge in [-0.05, 0) is 24.3 Å². The Bertz CT molecular complexity index is 643. The second kappa shape index (κ2) is 5.61. The lowest BCUT2D eigenvalue weighted by atomic mass is 10.1. The molecule has 0 saturated carbocycles. The van der Waals surface area contributed by atoms with E-state index in [4.69, 9.17) is 4.42 Å². The maximum atomic E-state index is 12.3. The third kappa shape index (κ3) is 2.71. The van der Waals surface area contributed by atoms with Crippen LogP contribution in [0.3, 0.4) is 0 Å². The van der Waals surface area contributed by atoms with E-state index >= 15 is 0 Å². The first-order chi connectivity index (χ1) is 9.52. The molecule has 0 aliphatic carbocycles. The van der Waals surface area contributed by atoms with Gasteiger partial charge < -0.3 is 14.1 Å². The van der Waals surface area contributed by atoms with Crippen LogP contribution in [0.2, 0.25) is 0 Å². The van der Waals surface area contributed by atoms with Crippen LogP contribution in [0.15, 0.2) is 40.8 Å². The van der Waals surface area contributed by atoms with E-state index in [1.807, 2.05) is 25.1 Å². The van der Waals surface area contributed by atoms with Crippen LogP contribution >= 0.6 is 0 Å². The Kier molecular flexibility index (Phi) is 3.89. The van der Waals surface area contributed by atoms with Gasteiger partial charge in [-0.1, -0.05) is 12.1 Å². The van der Waals surface area contributed by atoms with Crippen LogP contribution in [0.4, 0.5) is 5.69 Å². The van der Waals surface area contributed by atoms with Gasteiger partial charge in [0.15, 0.2) is 5.76 Å². The SMILES string of the molecule is COC(=O)c1ccc(C(=O)c2cccc(N(C)C)c2)o1. The molecular formula is C15H15NO4. The van der Waals surface area contributed by atoms with Crippen molar-refractivity contribution in [3.8, 4) is 0 Å². The standard InChI is InChI=1S/C15H15NO4/c1-16(2)11-6-4-5-10(9-11)14(17)12-7-8-13(20-12)15(18)19-3/h4-9H,1-3H3. The molecule has 0 spiro atoms. The van der Waals surface area contributed by atoms with Gasteiger partial charge in [0, 0.05) is 25.3 Å². The number of benzene rings is 1. The Morgan fingerprint density at radius 2 is 1.80 bits per heavy atom. The molecule has 0 N–H and O–H groups in total. The molecule has 0 amide bonds. The molecule has 2 rings (SSSR count). The molecule has 0 atom stereocenters. The van der Waals surface area contributed by atoms with Crippen LogP contribution in [-0.4, -0.2) is 33.0 Å². The molecular weight excluding hydrogens is 258 g/mol. The van der Waals surface area contributed by atoms with Gasteiger partial charge in [-0.2, -0.15) is 0 Å². The quantitative estimate of drug-likeness (QED) is 0.632. The fourth-order valence-electron chi connectivity index (χ4n) is 1.74. The number of ether oxygens (including phenoxy) is 1. The van der Waals surface area contributed by atoms with E-state index in [0.717, 1.165) is 5.69 Å². The molecule has 104 valence electrons. The topological polar surface area (TPSA) is 59.8 Å². The molecule has 20 heavy (non-hydrogen) atoms. The van der Waals surface area contributed by atoms with Gasteiger partial charge in [-0.25, -0.2) is 4.79 Å². The van der Waals surface area contributed by atoms with Crippen molar-refractivity contribution in [3.63, 3.8) is 0 Å². The molecule has 0 bridgehead atoms. The fourth-order valence-corrected chi connectivity index (χ4v) is 1.74. The zero-order valence-electron chi connectivity index (χ0n) is 11.5. The number of esters is 1. The molecule has 5 nitrogen and oxygen atoms in total. The summed E-state index contributed by atoms with van der Waals surface area (Å²) in [7, 11) is 5.05. The van der Waals surface area contributed by atoms with Gasteiger partial charge in [0.1, 0.15) is 0 Å². The first-order valence-corrected chi connectivity index (χ1v) is 6.03. The molecule has 0 fully saturated rings. The zero-order valence-corrected chi connectivity index (χ0v) is 11.5. The Morgan fingerprint density at radius 1 is 1.10 bits per heavy atom. The van der Waals surface area contributed by atoms with E-state index in [2.05, 4.69) is 4.74 Å². The number of rotatable bonds is 4. The van der Waals surface area contributed by atoms with E-state index in [9.17, 15) is 9.59 Å². The van der Waals surface area contributed by atoms with Crippen molar-refractivity contribution in [2.24, 2.45) is 0 Å². The molecule has 2 aromatic rings. The first-order valence-electron chi connectivity index (χ1n) is 6.03. The Morgan fingerprint density at radius 3 is 2.45 bits per heavy atom. The molecule has 0 aliphatic heterocycles. The number of furan rings is 1. The normalized spacial score (nSPS) is 10.2. The van der Waals surface area contributed by atoms with E-state index in [1.54, 1.807) is 18.2 Å². The maximum Gasteiger partial charge on any atom is 0.373 e. The Balaban J connectivity index is 2.29. The molecule has 0 unspecified atom stereocenters. The van der Waals surface area contributed by atoms with Gasteiger partial charge in [0.25, 0.3) is 0 Å². The van der Waals surface area contributed by atoms with Gasteiger partial charge in [-0.15, -0.1) is 0 Å². The number of hydrogen-bond acceptors (Lipinski definition) is 5. The second-order valence-electron chi connectivity index (χ2n) is 4.43. The summed E-state index contributed by atoms with van der Waals surface area (Å²) in [6, 6.07) is 10.1. The Labute approximate surface area is 116 Å². The summed E-state index contributed by atoms with van der Waals surface area (Å²) in [6.45, 7) is 0. The smallest absolute Gasteiger partial charge is 0.373 e. The van der Waals surface area contributed by atoms with Crippen LogP contribution in [-0.2, 0) is 4.74 Å². The van der Waals surface area contributed by atoms with Gasteiger partial charge >= 0.3 is 5.97 Å². The number of carbonyl (C=O) groups is 2. The molecule has 0 radical (unpaired) electrons. The average Bonchev–Trinajstić information content (AvgIpc) is 2.95. The third-order valence-corrected chi connectivity index (χ3v) is 2.84. The highest BCUT2D eigenvalue weighted by Crippen LogP contribution is 2.18. The number of methoxy groups -OCH3 is 1. The summed E-state index contributed by atoms with van der Waals surface area (Å²) >= 11 is 0. The lowest BCUT2D eigenvalue weighted by Crippen LogP contribution is -2.10. The summed E-state index contributed by atoms with van der Waals surface area (Å²) in [4.78, 5) is 25.5. The van der Waals surface area contributed by atoms with Gasteiger partial charge in [-0.3, -0.25) is 4.79 Å². The number of carbonyl (C=O) groups excluding carboxylic acids is 2. The summed E-state index contributed by atoms with van der Waals surface area (Å²) < 4.78 is 9.75. The number of nitrogens with zero attached hydrogens (tertiary/aromatic N) is 1. The average molecular weight is 273 g/mol. The van der Waals surface area contributed by atoms with Gasteiger partial charge in [0.05, 0.1) is 7.11 Å². The lowest BCUT2D eigenvalue weighted by Gasteiger charge is -2.12. The number of ketones is 1. The number of hydrogen-bond donors (Lipinski definition) is 0. The summed E-state index contributed by atoms with van der Waals surface area (Å²) in [5, 5.41) is 0. The first kappa shape index (κ1) is 13.9. The highest BCUT2D eigenvalue weighted by atomic mass is 16.5. The zero-order chi connectivity index (χ0) is 14.7. The minimum Gasteiger partial charge on any atom is -0.463 e. The maximum absolute atomic E-state index is 12.3. The summed E-state index contributed by atoms with van der Waals surface area (Å²) in [6.07, 6.45) is 0. The van der Waals surface area contributed by atoms with Crippen LogP contribution in [0.1, 0.15) is 26.7 Å². The third-order valence-electron chi connectivity index (χ3n) is 2.84. The molecule has 0 aliphatic rings. The van der Waals surface area contributed by atoms with Crippen molar-refractivity contribution >= 4 is 17.4 Å². The van der Waals surface area contributed by atoms with Crippen LogP contribution < -0.4 is 4.90 Å². The predicted molar refractivity (Wildman–Crippen MR) is 74.2 cm³/mol. The predicted octanol–water partition coefficient (Wildman–Crippen LogP) is 2.36. The highest BCUT2D eigenvalue weighted by molar-refractivity contribution is 6.08. The van der Waals surface area contributed by atoms with Crippen molar-refractivity contribution in [2.45, 2.75) is 0 Å². The minimum atomic E-state index is -0.605. The van der Waals surface area contributed by atoms with Crippen LogP contribution in [0, 0.1) is 0 Å². The van der Waals surface area contributed by atoms with Crippen molar-refractivity contribution < 1.29 is 18.7 Å². The molecule has 0 saturated heterocycles. The minimum absolute atomic E-state index is 0.0135. The Hall–Kier alpha value is -2.56. The second-order valence-corrected chi connectivity index (χ2v) is 4.43. The monoisotopic (exact) mass is 273 g/mol. The van der Waals surface area contributed by atoms with Gasteiger partial charge in [0.2, 0.25) is 11.5 Å². The van der Waals surface area contributed by atoms with E-state index < -0.39 is 5.97 Å². The highest BCUT2D eigenvalue weighted by Gasteiger charge is 2.17. The molecule has 1 aromatic carbocycles. The summed E-state index contributed by atoms with van der Waals surface area (Å²) in [5.74, 6) is -0.754. The van der Waals surface area contributed by atoms with Crippen molar-refractivity contribution in [1.82, 2.24) is 0 Å². The largest absolute Gasteiger partial charge is 0.463 e. The van der Waals surface area contributed by atoms with E-state index in [0.29, 0.717) is 5.56 Å². The van der Waals surface area contributed by atoms with Crippen molar-refractivity contribution in [1.29, 1.82) is 0 Å². The summed E-state index contributed by atoms with van der Waals surface area (Å²) in [5.41, 5.74) is 1.41. The van der Waals surface area contributed by atoms with E-state index in [-0.39, 0.29) is 17.3 Å². The van der Waals surface area contributed by atoms with Crippen molar-refractivity contribution in [2.75, 3.05) is 26.1 Å². The lowest BCUT2D eigenvalue weighted by molar-refractivity contribution is 0.0563. The van der Waals surface area contributed by atoms with Crippen molar-refractivity contribution in [3.05, 3.63) is 53.5 Å².